The fraction of sp³-hybridized carbons (Fsp3) is 0.233. The van der Waals surface area contributed by atoms with E-state index in [9.17, 15) is 0 Å². The predicted octanol–water partition coefficient (Wildman–Crippen LogP) is 0.892. The third-order valence-corrected chi connectivity index (χ3v) is 16.1. The molecule has 0 aliphatic heterocycles. The minimum absolute atomic E-state index is 0. The summed E-state index contributed by atoms with van der Waals surface area (Å²) in [6.45, 7) is 9.89. The van der Waals surface area contributed by atoms with Crippen molar-refractivity contribution >= 4 is 15.1 Å². The molecule has 4 heteroatoms. The zero-order valence-corrected chi connectivity index (χ0v) is 25.4. The van der Waals surface area contributed by atoms with Crippen molar-refractivity contribution in [1.82, 2.24) is 0 Å². The van der Waals surface area contributed by atoms with Crippen LogP contribution in [0.4, 0.5) is 0 Å². The van der Waals surface area contributed by atoms with E-state index in [-0.39, 0.29) is 24.8 Å². The summed E-state index contributed by atoms with van der Waals surface area (Å²) in [6, 6.07) is 27.2. The van der Waals surface area contributed by atoms with Gasteiger partial charge in [-0.2, -0.15) is 0 Å². The minimum atomic E-state index is -2.20. The second kappa shape index (κ2) is 11.2. The van der Waals surface area contributed by atoms with Crippen LogP contribution in [0.1, 0.15) is 23.6 Å². The van der Waals surface area contributed by atoms with Crippen LogP contribution < -0.4 is 28.1 Å². The van der Waals surface area contributed by atoms with Gasteiger partial charge in [0.1, 0.15) is 0 Å². The molecule has 0 aromatic heterocycles. The summed E-state index contributed by atoms with van der Waals surface area (Å²) in [6.07, 6.45) is 7.42. The summed E-state index contributed by atoms with van der Waals surface area (Å²) in [5, 5.41) is 1.65. The van der Waals surface area contributed by atoms with Crippen LogP contribution in [0, 0.1) is 5.92 Å². The van der Waals surface area contributed by atoms with Crippen LogP contribution in [0.15, 0.2) is 93.4 Å². The Morgan fingerprint density at radius 2 is 1.53 bits per heavy atom. The first-order chi connectivity index (χ1) is 15.4. The predicted molar refractivity (Wildman–Crippen MR) is 139 cm³/mol. The van der Waals surface area contributed by atoms with Gasteiger partial charge in [0, 0.05) is 0 Å². The van der Waals surface area contributed by atoms with E-state index in [1.165, 1.54) is 22.3 Å². The molecule has 0 amide bonds. The number of fused-ring (bicyclic) bond motifs is 3. The zero-order valence-electron chi connectivity index (χ0n) is 20.4. The van der Waals surface area contributed by atoms with Gasteiger partial charge in [0.25, 0.3) is 0 Å². The van der Waals surface area contributed by atoms with Crippen molar-refractivity contribution in [2.75, 3.05) is 0 Å². The average Bonchev–Trinajstić information content (AvgIpc) is 3.36. The van der Waals surface area contributed by atoms with Gasteiger partial charge in [-0.25, -0.2) is 0 Å². The first-order valence-electron chi connectivity index (χ1n) is 11.8. The maximum absolute atomic E-state index is 2.76. The monoisotopic (exact) mass is 580 g/mol. The van der Waals surface area contributed by atoms with Gasteiger partial charge in [0.2, 0.25) is 0 Å². The molecule has 2 aliphatic rings. The van der Waals surface area contributed by atoms with Crippen molar-refractivity contribution in [2.24, 2.45) is 5.92 Å². The van der Waals surface area contributed by atoms with Gasteiger partial charge in [-0.15, -0.1) is 0 Å². The number of hydrogen-bond acceptors (Lipinski definition) is 0. The average molecular weight is 583 g/mol. The zero-order chi connectivity index (χ0) is 22.3. The van der Waals surface area contributed by atoms with Crippen LogP contribution in [0.5, 0.6) is 0 Å². The summed E-state index contributed by atoms with van der Waals surface area (Å²) < 4.78 is 6.23. The van der Waals surface area contributed by atoms with Gasteiger partial charge in [-0.1, -0.05) is 0 Å². The molecule has 0 bridgehead atoms. The van der Waals surface area contributed by atoms with E-state index in [0.717, 1.165) is 12.8 Å². The number of hydrogen-bond donors (Lipinski definition) is 0. The second-order valence-corrected chi connectivity index (χ2v) is 21.1. The van der Waals surface area contributed by atoms with Gasteiger partial charge in [-0.3, -0.25) is 0 Å². The Bertz CT molecular complexity index is 1270. The molecule has 0 heterocycles. The maximum atomic E-state index is 2.76. The first-order valence-corrected chi connectivity index (χ1v) is 19.2. The summed E-state index contributed by atoms with van der Waals surface area (Å²) in [7, 11) is -1.31. The summed E-state index contributed by atoms with van der Waals surface area (Å²) in [5.74, 6) is 0.581. The van der Waals surface area contributed by atoms with Crippen molar-refractivity contribution in [3.63, 3.8) is 0 Å². The molecule has 1 unspecified atom stereocenters. The van der Waals surface area contributed by atoms with E-state index in [1.54, 1.807) is 17.3 Å². The number of halogens is 2. The molecular formula is C30H32Cl2SiZr. The quantitative estimate of drug-likeness (QED) is 0.307. The topological polar surface area (TPSA) is 0 Å². The van der Waals surface area contributed by atoms with Crippen molar-refractivity contribution in [1.29, 1.82) is 0 Å². The summed E-state index contributed by atoms with van der Waals surface area (Å²) in [4.78, 5) is 0. The SMILES string of the molecule is CC1C=C([Si](C)(C)C)C=[C]1[Zr+2](=[CH]Cc1ccccc1)[c]1cccc2c1Cc1ccccc1-2.[Cl-].[Cl-]. The molecule has 0 N–H and O–H groups in total. The molecule has 0 radical (unpaired) electrons. The fourth-order valence-corrected chi connectivity index (χ4v) is 14.0. The van der Waals surface area contributed by atoms with E-state index in [4.69, 9.17) is 0 Å². The first kappa shape index (κ1) is 27.3. The van der Waals surface area contributed by atoms with Crippen molar-refractivity contribution in [3.8, 4) is 11.1 Å². The molecule has 5 rings (SSSR count). The van der Waals surface area contributed by atoms with Gasteiger partial charge in [-0.05, 0) is 0 Å². The van der Waals surface area contributed by atoms with Crippen molar-refractivity contribution in [3.05, 3.63) is 110 Å². The number of rotatable bonds is 5. The number of benzene rings is 3. The molecule has 2 aliphatic carbocycles. The maximum Gasteiger partial charge on any atom is -1.00 e. The molecule has 0 saturated carbocycles. The Labute approximate surface area is 226 Å². The number of allylic oxidation sites excluding steroid dienone is 4. The van der Waals surface area contributed by atoms with E-state index in [1.807, 2.05) is 0 Å². The van der Waals surface area contributed by atoms with Crippen LogP contribution in [0.25, 0.3) is 11.1 Å². The van der Waals surface area contributed by atoms with Crippen molar-refractivity contribution < 1.29 is 46.1 Å². The van der Waals surface area contributed by atoms with E-state index in [0.29, 0.717) is 5.92 Å². The molecule has 174 valence electrons. The fourth-order valence-electron chi connectivity index (χ4n) is 5.12. The second-order valence-electron chi connectivity index (χ2n) is 10.2. The third-order valence-electron chi connectivity index (χ3n) is 6.93. The molecule has 0 saturated heterocycles. The molecule has 3 aromatic carbocycles. The molecule has 1 atom stereocenters. The van der Waals surface area contributed by atoms with Crippen LogP contribution in [-0.2, 0) is 34.1 Å². The Morgan fingerprint density at radius 3 is 2.24 bits per heavy atom. The van der Waals surface area contributed by atoms with Crippen LogP contribution in [-0.4, -0.2) is 11.8 Å². The molecule has 34 heavy (non-hydrogen) atoms. The van der Waals surface area contributed by atoms with Crippen molar-refractivity contribution in [2.45, 2.75) is 39.4 Å². The van der Waals surface area contributed by atoms with Crippen LogP contribution in [0.2, 0.25) is 19.6 Å². The van der Waals surface area contributed by atoms with Gasteiger partial charge in [0.15, 0.2) is 0 Å². The van der Waals surface area contributed by atoms with E-state index >= 15 is 0 Å². The largest absolute Gasteiger partial charge is 1.00 e. The van der Waals surface area contributed by atoms with Gasteiger partial charge >= 0.3 is 203 Å². The summed E-state index contributed by atoms with van der Waals surface area (Å²) >= 11 is -2.20. The van der Waals surface area contributed by atoms with Gasteiger partial charge < -0.3 is 24.8 Å². The summed E-state index contributed by atoms with van der Waals surface area (Å²) in [5.41, 5.74) is 7.47. The smallest absolute Gasteiger partial charge is 1.00 e. The Kier molecular flexibility index (Phi) is 8.96. The third kappa shape index (κ3) is 5.41. The molecule has 3 aromatic rings. The Morgan fingerprint density at radius 1 is 0.853 bits per heavy atom. The molecular weight excluding hydrogens is 551 g/mol. The van der Waals surface area contributed by atoms with E-state index in [2.05, 4.69) is 115 Å². The Hall–Kier alpha value is -1.31. The minimum Gasteiger partial charge on any atom is -1.00 e. The Balaban J connectivity index is 0.00000162. The van der Waals surface area contributed by atoms with Gasteiger partial charge in [0.05, 0.1) is 0 Å². The molecule has 0 spiro atoms. The molecule has 0 fully saturated rings. The van der Waals surface area contributed by atoms with Crippen LogP contribution >= 0.6 is 0 Å². The van der Waals surface area contributed by atoms with E-state index < -0.39 is 29.3 Å². The molecule has 0 nitrogen and oxygen atoms in total. The van der Waals surface area contributed by atoms with Crippen LogP contribution in [0.3, 0.4) is 0 Å². The normalized spacial score (nSPS) is 16.1. The standard InChI is InChI=1S/C13H9.C9H15Si.C8H8.2ClH.Zr/c1-3-7-12-10(5-1)9-11-6-2-4-8-13(11)12;1-8-5-6-9(7-8)10(2,3)4;1-2-8-6-4-3-5-7-8;;;/h1-5,7-8H,9H2;6-8H,1-4H3;1,3-7H,2H2;2*1H;/q;;;;;+2/p-2.